The number of benzene rings is 3. The lowest BCUT2D eigenvalue weighted by Crippen LogP contribution is -2.45. The number of rotatable bonds is 4. The Balaban J connectivity index is 1.71. The van der Waals surface area contributed by atoms with E-state index in [1.54, 1.807) is 49.6 Å². The number of ketones is 1. The molecule has 3 aromatic carbocycles. The SMILES string of the molecule is COc1ccc([C@@H]2CC(=O)C3=C(C2)Nc2ccccc2N(C(=O)C(F)(F)F)[C@@H]3c2cccc(OC)c2)cc1. The molecule has 0 saturated carbocycles. The zero-order valence-electron chi connectivity index (χ0n) is 20.7. The molecule has 1 aliphatic carbocycles. The number of ether oxygens (including phenoxy) is 2. The van der Waals surface area contributed by atoms with Gasteiger partial charge in [-0.25, -0.2) is 0 Å². The Hall–Kier alpha value is -4.27. The van der Waals surface area contributed by atoms with Gasteiger partial charge in [0, 0.05) is 17.7 Å². The molecule has 9 heteroatoms. The summed E-state index contributed by atoms with van der Waals surface area (Å²) in [4.78, 5) is 27.5. The van der Waals surface area contributed by atoms with Crippen LogP contribution < -0.4 is 19.7 Å². The normalized spacial score (nSPS) is 19.2. The molecule has 0 bridgehead atoms. The van der Waals surface area contributed by atoms with E-state index in [2.05, 4.69) is 5.32 Å². The van der Waals surface area contributed by atoms with Crippen molar-refractivity contribution in [1.29, 1.82) is 0 Å². The summed E-state index contributed by atoms with van der Waals surface area (Å²) in [5.74, 6) is -1.52. The van der Waals surface area contributed by atoms with Crippen LogP contribution in [-0.2, 0) is 9.59 Å². The van der Waals surface area contributed by atoms with Gasteiger partial charge in [-0.05, 0) is 59.9 Å². The summed E-state index contributed by atoms with van der Waals surface area (Å²) in [7, 11) is 3.01. The van der Waals surface area contributed by atoms with E-state index in [0.29, 0.717) is 39.8 Å². The zero-order valence-corrected chi connectivity index (χ0v) is 20.7. The van der Waals surface area contributed by atoms with Crippen LogP contribution in [0.2, 0.25) is 0 Å². The van der Waals surface area contributed by atoms with Gasteiger partial charge in [0.1, 0.15) is 11.5 Å². The number of Topliss-reactive ketones (excluding diaryl/α,β-unsaturated/α-hetero) is 1. The van der Waals surface area contributed by atoms with Gasteiger partial charge >= 0.3 is 12.1 Å². The second-order valence-corrected chi connectivity index (χ2v) is 9.19. The highest BCUT2D eigenvalue weighted by Crippen LogP contribution is 2.48. The van der Waals surface area contributed by atoms with Crippen LogP contribution in [0.25, 0.3) is 0 Å². The lowest BCUT2D eigenvalue weighted by atomic mass is 9.78. The summed E-state index contributed by atoms with van der Waals surface area (Å²) >= 11 is 0. The lowest BCUT2D eigenvalue weighted by molar-refractivity contribution is -0.170. The molecule has 38 heavy (non-hydrogen) atoms. The van der Waals surface area contributed by atoms with Crippen LogP contribution in [0.4, 0.5) is 24.5 Å². The van der Waals surface area contributed by atoms with Crippen molar-refractivity contribution in [3.8, 4) is 11.5 Å². The predicted octanol–water partition coefficient (Wildman–Crippen LogP) is 6.17. The number of alkyl halides is 3. The molecule has 1 amide bonds. The van der Waals surface area contributed by atoms with Gasteiger partial charge in [-0.2, -0.15) is 13.2 Å². The quantitative estimate of drug-likeness (QED) is 0.444. The molecule has 1 aliphatic heterocycles. The number of allylic oxidation sites excluding steroid dienone is 1. The molecule has 1 N–H and O–H groups in total. The highest BCUT2D eigenvalue weighted by atomic mass is 19.4. The average Bonchev–Trinajstić information content (AvgIpc) is 3.06. The summed E-state index contributed by atoms with van der Waals surface area (Å²) < 4.78 is 52.6. The molecule has 2 atom stereocenters. The van der Waals surface area contributed by atoms with Crippen LogP contribution in [0.15, 0.2) is 84.1 Å². The van der Waals surface area contributed by atoms with Gasteiger partial charge in [0.25, 0.3) is 0 Å². The third kappa shape index (κ3) is 4.60. The Bertz CT molecular complexity index is 1420. The van der Waals surface area contributed by atoms with E-state index >= 15 is 0 Å². The highest BCUT2D eigenvalue weighted by molar-refractivity contribution is 6.07. The molecular weight excluding hydrogens is 497 g/mol. The molecule has 0 unspecified atom stereocenters. The Labute approximate surface area is 217 Å². The van der Waals surface area contributed by atoms with Crippen molar-refractivity contribution in [1.82, 2.24) is 0 Å². The van der Waals surface area contributed by atoms with Gasteiger partial charge in [0.2, 0.25) is 0 Å². The first-order valence-electron chi connectivity index (χ1n) is 12.0. The van der Waals surface area contributed by atoms with E-state index in [9.17, 15) is 22.8 Å². The van der Waals surface area contributed by atoms with Crippen LogP contribution in [0.5, 0.6) is 11.5 Å². The topological polar surface area (TPSA) is 67.9 Å². The number of anilines is 2. The van der Waals surface area contributed by atoms with Crippen molar-refractivity contribution in [2.75, 3.05) is 24.4 Å². The number of fused-ring (bicyclic) bond motifs is 1. The highest BCUT2D eigenvalue weighted by Gasteiger charge is 2.50. The van der Waals surface area contributed by atoms with E-state index in [-0.39, 0.29) is 29.4 Å². The van der Waals surface area contributed by atoms with Crippen molar-refractivity contribution in [3.63, 3.8) is 0 Å². The summed E-state index contributed by atoms with van der Waals surface area (Å²) in [5.41, 5.74) is 2.21. The summed E-state index contributed by atoms with van der Waals surface area (Å²) in [6, 6.07) is 18.8. The molecule has 0 aromatic heterocycles. The molecule has 2 aliphatic rings. The van der Waals surface area contributed by atoms with Crippen LogP contribution in [0.3, 0.4) is 0 Å². The number of carbonyl (C=O) groups is 2. The molecule has 5 rings (SSSR count). The molecule has 6 nitrogen and oxygen atoms in total. The first-order valence-corrected chi connectivity index (χ1v) is 12.0. The lowest BCUT2D eigenvalue weighted by Gasteiger charge is -2.35. The maximum atomic E-state index is 14.0. The minimum Gasteiger partial charge on any atom is -0.497 e. The number of carbonyl (C=O) groups excluding carboxylic acids is 2. The molecule has 0 fully saturated rings. The van der Waals surface area contributed by atoms with Gasteiger partial charge in [-0.1, -0.05) is 36.4 Å². The van der Waals surface area contributed by atoms with Gasteiger partial charge in [0.15, 0.2) is 5.78 Å². The molecule has 3 aromatic rings. The maximum absolute atomic E-state index is 14.0. The van der Waals surface area contributed by atoms with Crippen LogP contribution >= 0.6 is 0 Å². The number of para-hydroxylation sites is 2. The van der Waals surface area contributed by atoms with E-state index in [4.69, 9.17) is 9.47 Å². The van der Waals surface area contributed by atoms with Gasteiger partial charge in [-0.15, -0.1) is 0 Å². The molecule has 0 spiro atoms. The fraction of sp³-hybridized carbons (Fsp3) is 0.241. The monoisotopic (exact) mass is 522 g/mol. The number of hydrogen-bond donors (Lipinski definition) is 1. The number of nitrogens with zero attached hydrogens (tertiary/aromatic N) is 1. The molecule has 0 radical (unpaired) electrons. The second-order valence-electron chi connectivity index (χ2n) is 9.19. The van der Waals surface area contributed by atoms with Crippen molar-refractivity contribution >= 4 is 23.1 Å². The zero-order chi connectivity index (χ0) is 27.0. The Morgan fingerprint density at radius 2 is 1.61 bits per heavy atom. The minimum atomic E-state index is -5.17. The molecule has 0 saturated heterocycles. The van der Waals surface area contributed by atoms with Crippen LogP contribution in [0.1, 0.15) is 35.9 Å². The third-order valence-electron chi connectivity index (χ3n) is 6.95. The number of nitrogens with one attached hydrogen (secondary N) is 1. The van der Waals surface area contributed by atoms with Gasteiger partial charge in [-0.3, -0.25) is 14.5 Å². The van der Waals surface area contributed by atoms with Crippen molar-refractivity contribution in [2.24, 2.45) is 0 Å². The Morgan fingerprint density at radius 3 is 2.29 bits per heavy atom. The molecular formula is C29H25F3N2O4. The number of halogens is 3. The van der Waals surface area contributed by atoms with E-state index in [1.165, 1.54) is 13.2 Å². The largest absolute Gasteiger partial charge is 0.497 e. The summed E-state index contributed by atoms with van der Waals surface area (Å²) in [6.07, 6.45) is -4.72. The average molecular weight is 523 g/mol. The smallest absolute Gasteiger partial charge is 0.471 e. The number of amides is 1. The number of hydrogen-bond acceptors (Lipinski definition) is 5. The predicted molar refractivity (Wildman–Crippen MR) is 136 cm³/mol. The Morgan fingerprint density at radius 1 is 0.895 bits per heavy atom. The Kier molecular flexibility index (Phi) is 6.60. The number of methoxy groups -OCH3 is 2. The molecule has 196 valence electrons. The van der Waals surface area contributed by atoms with Gasteiger partial charge in [0.05, 0.1) is 31.6 Å². The van der Waals surface area contributed by atoms with Crippen LogP contribution in [0, 0.1) is 0 Å². The van der Waals surface area contributed by atoms with E-state index in [1.807, 2.05) is 24.3 Å². The first-order chi connectivity index (χ1) is 18.2. The molecule has 1 heterocycles. The maximum Gasteiger partial charge on any atom is 0.471 e. The first kappa shape index (κ1) is 25.4. The minimum absolute atomic E-state index is 0.0332. The van der Waals surface area contributed by atoms with Crippen molar-refractivity contribution in [3.05, 3.63) is 95.2 Å². The fourth-order valence-electron chi connectivity index (χ4n) is 5.19. The second kappa shape index (κ2) is 9.89. The van der Waals surface area contributed by atoms with E-state index < -0.39 is 18.1 Å². The summed E-state index contributed by atoms with van der Waals surface area (Å²) in [5, 5.41) is 3.22. The summed E-state index contributed by atoms with van der Waals surface area (Å²) in [6.45, 7) is 0. The van der Waals surface area contributed by atoms with Crippen molar-refractivity contribution in [2.45, 2.75) is 31.0 Å². The van der Waals surface area contributed by atoms with Crippen LogP contribution in [-0.4, -0.2) is 32.1 Å². The fourth-order valence-corrected chi connectivity index (χ4v) is 5.19. The standard InChI is InChI=1S/C29H25F3N2O4/c1-37-20-12-10-17(11-13-20)19-15-23-26(25(35)16-19)27(18-6-5-7-21(14-18)38-2)34(28(36)29(30,31)32)24-9-4-3-8-22(24)33-23/h3-14,19,27,33H,15-16H2,1-2H3/t19-,27+/m0/s1. The van der Waals surface area contributed by atoms with Gasteiger partial charge < -0.3 is 14.8 Å². The third-order valence-corrected chi connectivity index (χ3v) is 6.95. The van der Waals surface area contributed by atoms with Crippen molar-refractivity contribution < 1.29 is 32.2 Å². The van der Waals surface area contributed by atoms with E-state index in [0.717, 1.165) is 5.56 Å².